The Morgan fingerprint density at radius 1 is 0.862 bits per heavy atom. The van der Waals surface area contributed by atoms with Gasteiger partial charge in [0.1, 0.15) is 35.4 Å². The number of hydrogen-bond donors (Lipinski definition) is 1. The summed E-state index contributed by atoms with van der Waals surface area (Å²) >= 11 is 0. The molecule has 0 aromatic heterocycles. The third-order valence-electron chi connectivity index (χ3n) is 4.04. The average molecular weight is 396 g/mol. The van der Waals surface area contributed by atoms with Crippen LogP contribution in [0.25, 0.3) is 0 Å². The molecule has 7 heteroatoms. The van der Waals surface area contributed by atoms with E-state index < -0.39 is 35.7 Å². The third-order valence-corrected chi connectivity index (χ3v) is 4.04. The second-order valence-corrected chi connectivity index (χ2v) is 6.16. The smallest absolute Gasteiger partial charge is 0.244 e. The van der Waals surface area contributed by atoms with Crippen LogP contribution in [0, 0.1) is 11.6 Å². The molecule has 0 unspecified atom stereocenters. The Morgan fingerprint density at radius 3 is 2.03 bits per heavy atom. The van der Waals surface area contributed by atoms with Gasteiger partial charge in [-0.15, -0.1) is 0 Å². The number of amides is 2. The van der Waals surface area contributed by atoms with E-state index in [9.17, 15) is 18.4 Å². The molecular weight excluding hydrogens is 378 g/mol. The first-order valence-corrected chi connectivity index (χ1v) is 8.79. The summed E-state index contributed by atoms with van der Waals surface area (Å²) in [6.07, 6.45) is 0. The van der Waals surface area contributed by atoms with Gasteiger partial charge in [0.15, 0.2) is 0 Å². The first-order valence-electron chi connectivity index (χ1n) is 8.79. The Hall–Kier alpha value is -3.74. The zero-order valence-corrected chi connectivity index (χ0v) is 15.6. The fraction of sp³-hybridized carbons (Fsp3) is 0.0909. The molecular formula is C22H18F2N2O3. The van der Waals surface area contributed by atoms with Crippen LogP contribution >= 0.6 is 0 Å². The Morgan fingerprint density at radius 2 is 1.45 bits per heavy atom. The quantitative estimate of drug-likeness (QED) is 0.654. The SMILES string of the molecule is CC(=O)N(CC(=O)Nc1c(F)cccc1F)c1ccc(Oc2ccccc2)cc1. The molecule has 0 spiro atoms. The van der Waals surface area contributed by atoms with Crippen molar-refractivity contribution in [1.82, 2.24) is 0 Å². The van der Waals surface area contributed by atoms with Crippen LogP contribution in [0.1, 0.15) is 6.92 Å². The molecule has 3 rings (SSSR count). The lowest BCUT2D eigenvalue weighted by atomic mass is 10.2. The summed E-state index contributed by atoms with van der Waals surface area (Å²) in [7, 11) is 0. The average Bonchev–Trinajstić information content (AvgIpc) is 2.70. The van der Waals surface area contributed by atoms with Gasteiger partial charge in [0.05, 0.1) is 0 Å². The molecule has 0 bridgehead atoms. The molecule has 0 heterocycles. The van der Waals surface area contributed by atoms with Crippen LogP contribution in [0.5, 0.6) is 11.5 Å². The first-order chi connectivity index (χ1) is 13.9. The Labute approximate surface area is 166 Å². The molecule has 29 heavy (non-hydrogen) atoms. The molecule has 0 fully saturated rings. The molecule has 0 aliphatic rings. The van der Waals surface area contributed by atoms with E-state index in [0.29, 0.717) is 17.2 Å². The molecule has 3 aromatic rings. The number of para-hydroxylation sites is 2. The van der Waals surface area contributed by atoms with Crippen molar-refractivity contribution in [2.75, 3.05) is 16.8 Å². The Kier molecular flexibility index (Phi) is 6.19. The highest BCUT2D eigenvalue weighted by Gasteiger charge is 2.18. The number of benzene rings is 3. The summed E-state index contributed by atoms with van der Waals surface area (Å²) < 4.78 is 33.1. The fourth-order valence-electron chi connectivity index (χ4n) is 2.64. The molecule has 148 valence electrons. The zero-order chi connectivity index (χ0) is 20.8. The maximum atomic E-state index is 13.7. The van der Waals surface area contributed by atoms with Gasteiger partial charge in [0.2, 0.25) is 11.8 Å². The first kappa shape index (κ1) is 20.0. The normalized spacial score (nSPS) is 10.3. The van der Waals surface area contributed by atoms with Crippen molar-refractivity contribution in [3.8, 4) is 11.5 Å². The standard InChI is InChI=1S/C22H18F2N2O3/c1-15(27)26(14-21(28)25-22-19(23)8-5-9-20(22)24)16-10-12-18(13-11-16)29-17-6-3-2-4-7-17/h2-13H,14H2,1H3,(H,25,28). The van der Waals surface area contributed by atoms with Crippen LogP contribution in [-0.2, 0) is 9.59 Å². The number of rotatable bonds is 6. The third kappa shape index (κ3) is 5.16. The largest absolute Gasteiger partial charge is 0.457 e. The van der Waals surface area contributed by atoms with Crippen LogP contribution in [0.2, 0.25) is 0 Å². The van der Waals surface area contributed by atoms with Crippen molar-refractivity contribution in [2.45, 2.75) is 6.92 Å². The van der Waals surface area contributed by atoms with Gasteiger partial charge in [-0.1, -0.05) is 24.3 Å². The lowest BCUT2D eigenvalue weighted by Gasteiger charge is -2.21. The van der Waals surface area contributed by atoms with Gasteiger partial charge in [0.25, 0.3) is 0 Å². The number of carbonyl (C=O) groups excluding carboxylic acids is 2. The number of anilines is 2. The predicted molar refractivity (Wildman–Crippen MR) is 106 cm³/mol. The minimum absolute atomic E-state index is 0.397. The fourth-order valence-corrected chi connectivity index (χ4v) is 2.64. The number of nitrogens with zero attached hydrogens (tertiary/aromatic N) is 1. The van der Waals surface area contributed by atoms with Crippen LogP contribution in [0.3, 0.4) is 0 Å². The molecule has 0 aliphatic carbocycles. The van der Waals surface area contributed by atoms with Crippen LogP contribution < -0.4 is 15.0 Å². The van der Waals surface area contributed by atoms with E-state index in [4.69, 9.17) is 4.74 Å². The van der Waals surface area contributed by atoms with Crippen LogP contribution in [0.4, 0.5) is 20.2 Å². The van der Waals surface area contributed by atoms with E-state index in [-0.39, 0.29) is 0 Å². The van der Waals surface area contributed by atoms with E-state index in [0.717, 1.165) is 12.1 Å². The van der Waals surface area contributed by atoms with Crippen molar-refractivity contribution in [3.05, 3.63) is 84.4 Å². The topological polar surface area (TPSA) is 58.6 Å². The predicted octanol–water partition coefficient (Wildman–Crippen LogP) is 4.75. The van der Waals surface area contributed by atoms with Crippen LogP contribution in [0.15, 0.2) is 72.8 Å². The second kappa shape index (κ2) is 8.97. The summed E-state index contributed by atoms with van der Waals surface area (Å²) in [4.78, 5) is 25.5. The second-order valence-electron chi connectivity index (χ2n) is 6.16. The van der Waals surface area contributed by atoms with Gasteiger partial charge in [-0.3, -0.25) is 9.59 Å². The molecule has 0 atom stereocenters. The number of hydrogen-bond acceptors (Lipinski definition) is 3. The van der Waals surface area contributed by atoms with Crippen molar-refractivity contribution < 1.29 is 23.1 Å². The van der Waals surface area contributed by atoms with Gasteiger partial charge in [-0.25, -0.2) is 8.78 Å². The molecule has 1 N–H and O–H groups in total. The van der Waals surface area contributed by atoms with E-state index in [1.807, 2.05) is 30.3 Å². The van der Waals surface area contributed by atoms with Crippen LogP contribution in [-0.4, -0.2) is 18.4 Å². The summed E-state index contributed by atoms with van der Waals surface area (Å²) in [5.41, 5.74) is -0.102. The van der Waals surface area contributed by atoms with Crippen molar-refractivity contribution >= 4 is 23.2 Å². The molecule has 0 saturated carbocycles. The summed E-state index contributed by atoms with van der Waals surface area (Å²) in [5, 5.41) is 2.17. The van der Waals surface area contributed by atoms with Gasteiger partial charge < -0.3 is 15.0 Å². The molecule has 3 aromatic carbocycles. The van der Waals surface area contributed by atoms with Crippen molar-refractivity contribution in [3.63, 3.8) is 0 Å². The maximum absolute atomic E-state index is 13.7. The van der Waals surface area contributed by atoms with E-state index >= 15 is 0 Å². The summed E-state index contributed by atoms with van der Waals surface area (Å²) in [6, 6.07) is 19.0. The zero-order valence-electron chi connectivity index (χ0n) is 15.6. The van der Waals surface area contributed by atoms with Crippen molar-refractivity contribution in [1.29, 1.82) is 0 Å². The molecule has 0 radical (unpaired) electrons. The monoisotopic (exact) mass is 396 g/mol. The highest BCUT2D eigenvalue weighted by molar-refractivity contribution is 6.01. The Balaban J connectivity index is 1.71. The lowest BCUT2D eigenvalue weighted by Crippen LogP contribution is -2.36. The summed E-state index contributed by atoms with van der Waals surface area (Å²) in [5.74, 6) is -1.69. The van der Waals surface area contributed by atoms with Crippen molar-refractivity contribution in [2.24, 2.45) is 0 Å². The molecule has 0 saturated heterocycles. The molecule has 0 aliphatic heterocycles. The van der Waals surface area contributed by atoms with Gasteiger partial charge in [-0.05, 0) is 48.5 Å². The maximum Gasteiger partial charge on any atom is 0.244 e. The highest BCUT2D eigenvalue weighted by atomic mass is 19.1. The number of halogens is 2. The lowest BCUT2D eigenvalue weighted by molar-refractivity contribution is -0.120. The van der Waals surface area contributed by atoms with Gasteiger partial charge in [-0.2, -0.15) is 0 Å². The van der Waals surface area contributed by atoms with Gasteiger partial charge >= 0.3 is 0 Å². The molecule has 5 nitrogen and oxygen atoms in total. The Bertz CT molecular complexity index is 988. The summed E-state index contributed by atoms with van der Waals surface area (Å²) in [6.45, 7) is 0.896. The number of nitrogens with one attached hydrogen (secondary N) is 1. The van der Waals surface area contributed by atoms with E-state index in [1.54, 1.807) is 24.3 Å². The minimum Gasteiger partial charge on any atom is -0.457 e. The minimum atomic E-state index is -0.893. The number of ether oxygens (including phenoxy) is 1. The highest BCUT2D eigenvalue weighted by Crippen LogP contribution is 2.25. The molecule has 2 amide bonds. The van der Waals surface area contributed by atoms with E-state index in [2.05, 4.69) is 5.32 Å². The van der Waals surface area contributed by atoms with Gasteiger partial charge in [0, 0.05) is 12.6 Å². The van der Waals surface area contributed by atoms with E-state index in [1.165, 1.54) is 17.9 Å². The number of carbonyl (C=O) groups is 2.